The Morgan fingerprint density at radius 2 is 2.09 bits per heavy atom. The van der Waals surface area contributed by atoms with Crippen LogP contribution in [0.15, 0.2) is 66.1 Å². The zero-order valence-electron chi connectivity index (χ0n) is 19.0. The SMILES string of the molecule is Cn1c2c(c3ccc(-n4ccc(OCc5cn6cnccc6n5)cc4=O)cc31)CN(C(=O)O)CC2. The van der Waals surface area contributed by atoms with Gasteiger partial charge in [-0.3, -0.25) is 13.8 Å². The number of hydrogen-bond acceptors (Lipinski definition) is 5. The Morgan fingerprint density at radius 1 is 1.20 bits per heavy atom. The minimum absolute atomic E-state index is 0.211. The van der Waals surface area contributed by atoms with Gasteiger partial charge in [0, 0.05) is 61.3 Å². The Morgan fingerprint density at radius 3 is 2.89 bits per heavy atom. The Hall–Kier alpha value is -4.60. The van der Waals surface area contributed by atoms with E-state index in [9.17, 15) is 14.7 Å². The van der Waals surface area contributed by atoms with Gasteiger partial charge in [0.2, 0.25) is 0 Å². The molecular weight excluding hydrogens is 448 g/mol. The molecule has 176 valence electrons. The standard InChI is InChI=1S/C25H22N6O4/c1-28-21-6-8-29(25(33)34)13-20(21)19-3-2-17(10-22(19)28)31-9-5-18(11-24(31)32)35-14-16-12-30-15-26-7-4-23(30)27-16/h2-5,7,9-12,15H,6,8,13-14H2,1H3,(H,33,34). The van der Waals surface area contributed by atoms with Gasteiger partial charge in [-0.15, -0.1) is 0 Å². The van der Waals surface area contributed by atoms with E-state index in [0.29, 0.717) is 25.3 Å². The molecule has 1 amide bonds. The first-order chi connectivity index (χ1) is 17.0. The van der Waals surface area contributed by atoms with Crippen LogP contribution in [0.2, 0.25) is 0 Å². The van der Waals surface area contributed by atoms with E-state index in [-0.39, 0.29) is 12.2 Å². The van der Waals surface area contributed by atoms with Gasteiger partial charge >= 0.3 is 6.09 Å². The van der Waals surface area contributed by atoms with Crippen molar-refractivity contribution in [1.29, 1.82) is 0 Å². The number of pyridine rings is 1. The number of benzene rings is 1. The molecule has 0 saturated heterocycles. The van der Waals surface area contributed by atoms with Gasteiger partial charge in [-0.25, -0.2) is 14.8 Å². The number of ether oxygens (including phenoxy) is 1. The topological polar surface area (TPSA) is 107 Å². The van der Waals surface area contributed by atoms with Gasteiger partial charge < -0.3 is 19.3 Å². The first-order valence-corrected chi connectivity index (χ1v) is 11.2. The predicted octanol–water partition coefficient (Wildman–Crippen LogP) is 2.99. The lowest BCUT2D eigenvalue weighted by Gasteiger charge is -2.25. The van der Waals surface area contributed by atoms with Crippen molar-refractivity contribution in [3.63, 3.8) is 0 Å². The van der Waals surface area contributed by atoms with Gasteiger partial charge in [-0.05, 0) is 24.3 Å². The summed E-state index contributed by atoms with van der Waals surface area (Å²) in [7, 11) is 1.98. The molecule has 1 aliphatic rings. The first-order valence-electron chi connectivity index (χ1n) is 11.2. The van der Waals surface area contributed by atoms with Crippen LogP contribution in [0.4, 0.5) is 4.79 Å². The van der Waals surface area contributed by atoms with Gasteiger partial charge in [0.05, 0.1) is 23.4 Å². The lowest BCUT2D eigenvalue weighted by Crippen LogP contribution is -2.34. The van der Waals surface area contributed by atoms with Crippen LogP contribution >= 0.6 is 0 Å². The molecule has 6 rings (SSSR count). The fourth-order valence-electron chi connectivity index (χ4n) is 4.76. The van der Waals surface area contributed by atoms with Crippen LogP contribution in [0.3, 0.4) is 0 Å². The highest BCUT2D eigenvalue weighted by atomic mass is 16.5. The fraction of sp³-hybridized carbons (Fsp3) is 0.200. The number of fused-ring (bicyclic) bond motifs is 4. The largest absolute Gasteiger partial charge is 0.487 e. The molecule has 1 N–H and O–H groups in total. The average Bonchev–Trinajstić information content (AvgIpc) is 3.41. The number of nitrogens with zero attached hydrogens (tertiary/aromatic N) is 6. The van der Waals surface area contributed by atoms with Gasteiger partial charge in [-0.1, -0.05) is 6.07 Å². The van der Waals surface area contributed by atoms with Crippen molar-refractivity contribution in [1.82, 2.24) is 28.4 Å². The molecule has 0 aliphatic carbocycles. The van der Waals surface area contributed by atoms with E-state index in [0.717, 1.165) is 39.2 Å². The summed E-state index contributed by atoms with van der Waals surface area (Å²) >= 11 is 0. The van der Waals surface area contributed by atoms with Crippen LogP contribution in [-0.4, -0.2) is 46.1 Å². The van der Waals surface area contributed by atoms with Crippen molar-refractivity contribution >= 4 is 22.6 Å². The summed E-state index contributed by atoms with van der Waals surface area (Å²) < 4.78 is 11.3. The van der Waals surface area contributed by atoms with Crippen molar-refractivity contribution in [3.05, 3.63) is 88.6 Å². The van der Waals surface area contributed by atoms with Crippen molar-refractivity contribution in [3.8, 4) is 11.4 Å². The zero-order chi connectivity index (χ0) is 24.1. The van der Waals surface area contributed by atoms with E-state index in [1.807, 2.05) is 41.9 Å². The quantitative estimate of drug-likeness (QED) is 0.433. The van der Waals surface area contributed by atoms with Crippen LogP contribution in [0.1, 0.15) is 17.0 Å². The second kappa shape index (κ2) is 8.01. The highest BCUT2D eigenvalue weighted by molar-refractivity contribution is 5.88. The van der Waals surface area contributed by atoms with Crippen LogP contribution in [-0.2, 0) is 26.6 Å². The van der Waals surface area contributed by atoms with Crippen molar-refractivity contribution in [2.75, 3.05) is 6.54 Å². The third-order valence-corrected chi connectivity index (χ3v) is 6.53. The third kappa shape index (κ3) is 3.59. The Labute approximate surface area is 199 Å². The minimum atomic E-state index is -0.906. The molecule has 35 heavy (non-hydrogen) atoms. The zero-order valence-corrected chi connectivity index (χ0v) is 19.0. The maximum absolute atomic E-state index is 12.9. The second-order valence-electron chi connectivity index (χ2n) is 8.58. The minimum Gasteiger partial charge on any atom is -0.487 e. The van der Waals surface area contributed by atoms with Gasteiger partial charge in [0.25, 0.3) is 5.56 Å². The monoisotopic (exact) mass is 470 g/mol. The van der Waals surface area contributed by atoms with E-state index in [1.54, 1.807) is 29.4 Å². The first kappa shape index (κ1) is 21.0. The Balaban J connectivity index is 1.26. The lowest BCUT2D eigenvalue weighted by atomic mass is 10.0. The van der Waals surface area contributed by atoms with E-state index in [1.165, 1.54) is 11.0 Å². The highest BCUT2D eigenvalue weighted by Crippen LogP contribution is 2.31. The summed E-state index contributed by atoms with van der Waals surface area (Å²) in [5.41, 5.74) is 5.17. The highest BCUT2D eigenvalue weighted by Gasteiger charge is 2.25. The van der Waals surface area contributed by atoms with Crippen molar-refractivity contribution < 1.29 is 14.6 Å². The maximum Gasteiger partial charge on any atom is 0.407 e. The molecule has 5 heterocycles. The third-order valence-electron chi connectivity index (χ3n) is 6.53. The van der Waals surface area contributed by atoms with Crippen LogP contribution in [0.5, 0.6) is 5.75 Å². The number of aromatic nitrogens is 5. The molecule has 0 atom stereocenters. The number of carbonyl (C=O) groups is 1. The summed E-state index contributed by atoms with van der Waals surface area (Å²) in [5.74, 6) is 0.464. The number of imidazole rings is 1. The number of hydrogen-bond donors (Lipinski definition) is 1. The molecule has 0 spiro atoms. The van der Waals surface area contributed by atoms with Crippen LogP contribution in [0, 0.1) is 0 Å². The van der Waals surface area contributed by atoms with E-state index >= 15 is 0 Å². The number of aryl methyl sites for hydroxylation is 1. The Bertz CT molecular complexity index is 1630. The normalized spacial score (nSPS) is 13.3. The molecular formula is C25H22N6O4. The molecule has 0 radical (unpaired) electrons. The fourth-order valence-corrected chi connectivity index (χ4v) is 4.76. The summed E-state index contributed by atoms with van der Waals surface area (Å²) in [4.78, 5) is 34.3. The van der Waals surface area contributed by atoms with Crippen LogP contribution in [0.25, 0.3) is 22.2 Å². The second-order valence-corrected chi connectivity index (χ2v) is 8.58. The van der Waals surface area contributed by atoms with Gasteiger partial charge in [-0.2, -0.15) is 0 Å². The van der Waals surface area contributed by atoms with Crippen LogP contribution < -0.4 is 10.3 Å². The molecule has 5 aromatic rings. The molecule has 0 fully saturated rings. The van der Waals surface area contributed by atoms with Crippen molar-refractivity contribution in [2.24, 2.45) is 7.05 Å². The number of rotatable bonds is 4. The molecule has 1 aromatic carbocycles. The molecule has 0 unspecified atom stereocenters. The Kier molecular flexibility index (Phi) is 4.80. The van der Waals surface area contributed by atoms with E-state index in [4.69, 9.17) is 4.74 Å². The summed E-state index contributed by atoms with van der Waals surface area (Å²) in [6, 6.07) is 10.8. The summed E-state index contributed by atoms with van der Waals surface area (Å²) in [6.07, 6.45) is 6.65. The number of amides is 1. The molecule has 0 bridgehead atoms. The smallest absolute Gasteiger partial charge is 0.407 e. The van der Waals surface area contributed by atoms with Gasteiger partial charge in [0.1, 0.15) is 24.3 Å². The van der Waals surface area contributed by atoms with Gasteiger partial charge in [0.15, 0.2) is 0 Å². The summed E-state index contributed by atoms with van der Waals surface area (Å²) in [6.45, 7) is 1.08. The van der Waals surface area contributed by atoms with E-state index in [2.05, 4.69) is 14.5 Å². The molecule has 10 nitrogen and oxygen atoms in total. The molecule has 4 aromatic heterocycles. The van der Waals surface area contributed by atoms with Crippen molar-refractivity contribution in [2.45, 2.75) is 19.6 Å². The number of carboxylic acid groups (broad SMARTS) is 1. The molecule has 10 heteroatoms. The summed E-state index contributed by atoms with van der Waals surface area (Å²) in [5, 5.41) is 10.4. The molecule has 0 saturated carbocycles. The predicted molar refractivity (Wildman–Crippen MR) is 128 cm³/mol. The average molecular weight is 470 g/mol. The maximum atomic E-state index is 12.9. The molecule has 1 aliphatic heterocycles. The van der Waals surface area contributed by atoms with E-state index < -0.39 is 6.09 Å². The lowest BCUT2D eigenvalue weighted by molar-refractivity contribution is 0.139.